The van der Waals surface area contributed by atoms with Crippen molar-refractivity contribution >= 4 is 11.8 Å². The minimum atomic E-state index is 0.741. The Balaban J connectivity index is 1.89. The van der Waals surface area contributed by atoms with Crippen molar-refractivity contribution in [1.29, 1.82) is 0 Å². The van der Waals surface area contributed by atoms with Crippen LogP contribution in [0, 0.1) is 5.92 Å². The molecule has 5 nitrogen and oxygen atoms in total. The molecule has 1 aliphatic rings. The van der Waals surface area contributed by atoms with E-state index in [0.717, 1.165) is 56.8 Å². The van der Waals surface area contributed by atoms with Gasteiger partial charge in [0.05, 0.1) is 0 Å². The van der Waals surface area contributed by atoms with Crippen molar-refractivity contribution in [3.63, 3.8) is 0 Å². The summed E-state index contributed by atoms with van der Waals surface area (Å²) in [7, 11) is 0. The number of hydrogen-bond acceptors (Lipinski definition) is 5. The first-order valence-corrected chi connectivity index (χ1v) is 7.73. The molecule has 5 heteroatoms. The van der Waals surface area contributed by atoms with E-state index in [0.29, 0.717) is 0 Å². The fourth-order valence-corrected chi connectivity index (χ4v) is 2.52. The van der Waals surface area contributed by atoms with Crippen molar-refractivity contribution in [3.05, 3.63) is 12.3 Å². The molecule has 0 unspecified atom stereocenters. The number of rotatable bonds is 6. The van der Waals surface area contributed by atoms with Crippen LogP contribution in [0.3, 0.4) is 0 Å². The Morgan fingerprint density at radius 2 is 2.00 bits per heavy atom. The van der Waals surface area contributed by atoms with E-state index in [1.54, 1.807) is 0 Å². The molecule has 0 spiro atoms. The van der Waals surface area contributed by atoms with Gasteiger partial charge < -0.3 is 10.2 Å². The first kappa shape index (κ1) is 15.0. The summed E-state index contributed by atoms with van der Waals surface area (Å²) in [5.41, 5.74) is 0. The summed E-state index contributed by atoms with van der Waals surface area (Å²) in [6, 6.07) is 2.01. The molecule has 0 aromatic carbocycles. The van der Waals surface area contributed by atoms with Crippen molar-refractivity contribution in [1.82, 2.24) is 14.9 Å². The van der Waals surface area contributed by atoms with E-state index in [9.17, 15) is 0 Å². The zero-order valence-electron chi connectivity index (χ0n) is 13.0. The first-order chi connectivity index (χ1) is 9.69. The Bertz CT molecular complexity index is 399. The van der Waals surface area contributed by atoms with Crippen LogP contribution in [-0.2, 0) is 0 Å². The number of anilines is 2. The molecule has 20 heavy (non-hydrogen) atoms. The Kier molecular flexibility index (Phi) is 5.59. The van der Waals surface area contributed by atoms with E-state index in [2.05, 4.69) is 45.9 Å². The highest BCUT2D eigenvalue weighted by Crippen LogP contribution is 2.15. The summed E-state index contributed by atoms with van der Waals surface area (Å²) in [4.78, 5) is 13.8. The van der Waals surface area contributed by atoms with E-state index in [1.807, 2.05) is 12.3 Å². The fourth-order valence-electron chi connectivity index (χ4n) is 2.52. The van der Waals surface area contributed by atoms with E-state index >= 15 is 0 Å². The van der Waals surface area contributed by atoms with E-state index in [1.165, 1.54) is 6.54 Å². The van der Waals surface area contributed by atoms with Gasteiger partial charge in [-0.1, -0.05) is 20.8 Å². The number of hydrogen-bond donors (Lipinski definition) is 1. The zero-order valence-corrected chi connectivity index (χ0v) is 13.0. The maximum absolute atomic E-state index is 4.61. The quantitative estimate of drug-likeness (QED) is 0.862. The molecular weight excluding hydrogens is 250 g/mol. The van der Waals surface area contributed by atoms with Gasteiger partial charge >= 0.3 is 0 Å². The van der Waals surface area contributed by atoms with Crippen LogP contribution in [-0.4, -0.2) is 54.1 Å². The molecule has 1 fully saturated rings. The van der Waals surface area contributed by atoms with E-state index in [-0.39, 0.29) is 0 Å². The monoisotopic (exact) mass is 277 g/mol. The van der Waals surface area contributed by atoms with Gasteiger partial charge in [0.25, 0.3) is 0 Å². The Morgan fingerprint density at radius 3 is 2.65 bits per heavy atom. The third-order valence-electron chi connectivity index (χ3n) is 3.49. The highest BCUT2D eigenvalue weighted by Gasteiger charge is 2.18. The van der Waals surface area contributed by atoms with Crippen LogP contribution in [0.5, 0.6) is 0 Å². The average molecular weight is 277 g/mol. The summed E-state index contributed by atoms with van der Waals surface area (Å²) in [5.74, 6) is 2.53. The predicted octanol–water partition coefficient (Wildman–Crippen LogP) is 2.08. The minimum Gasteiger partial charge on any atom is -0.354 e. The second-order valence-corrected chi connectivity index (χ2v) is 5.85. The maximum atomic E-state index is 4.61. The molecule has 0 amide bonds. The van der Waals surface area contributed by atoms with Crippen LogP contribution in [0.25, 0.3) is 0 Å². The van der Waals surface area contributed by atoms with Gasteiger partial charge in [-0.15, -0.1) is 0 Å². The van der Waals surface area contributed by atoms with Crippen molar-refractivity contribution < 1.29 is 0 Å². The highest BCUT2D eigenvalue weighted by atomic mass is 15.3. The van der Waals surface area contributed by atoms with Crippen LogP contribution in [0.2, 0.25) is 0 Å². The Morgan fingerprint density at radius 1 is 1.25 bits per heavy atom. The molecule has 0 bridgehead atoms. The number of nitrogens with one attached hydrogen (secondary N) is 1. The van der Waals surface area contributed by atoms with Gasteiger partial charge in [0.2, 0.25) is 5.95 Å². The topological polar surface area (TPSA) is 44.3 Å². The maximum Gasteiger partial charge on any atom is 0.224 e. The molecule has 1 saturated heterocycles. The lowest BCUT2D eigenvalue weighted by Crippen LogP contribution is -2.47. The summed E-state index contributed by atoms with van der Waals surface area (Å²) >= 11 is 0. The van der Waals surface area contributed by atoms with Crippen molar-refractivity contribution in [2.24, 2.45) is 5.92 Å². The Labute approximate surface area is 122 Å². The van der Waals surface area contributed by atoms with Crippen LogP contribution in [0.1, 0.15) is 27.2 Å². The first-order valence-electron chi connectivity index (χ1n) is 7.73. The molecule has 0 atom stereocenters. The van der Waals surface area contributed by atoms with Gasteiger partial charge in [-0.2, -0.15) is 4.98 Å². The molecule has 0 aliphatic carbocycles. The van der Waals surface area contributed by atoms with Gasteiger partial charge in [-0.3, -0.25) is 4.90 Å². The second-order valence-electron chi connectivity index (χ2n) is 5.85. The number of nitrogens with zero attached hydrogens (tertiary/aromatic N) is 4. The molecule has 1 aromatic rings. The van der Waals surface area contributed by atoms with Crippen LogP contribution < -0.4 is 10.2 Å². The predicted molar refractivity (Wildman–Crippen MR) is 84.3 cm³/mol. The summed E-state index contributed by atoms with van der Waals surface area (Å²) in [6.45, 7) is 13.2. The lowest BCUT2D eigenvalue weighted by atomic mass is 10.2. The van der Waals surface area contributed by atoms with Gasteiger partial charge in [-0.25, -0.2) is 4.98 Å². The summed E-state index contributed by atoms with van der Waals surface area (Å²) < 4.78 is 0. The molecule has 0 radical (unpaired) electrons. The van der Waals surface area contributed by atoms with Crippen molar-refractivity contribution in [3.8, 4) is 0 Å². The SMILES string of the molecule is CCCNc1nccc(N2CCN(CC(C)C)CC2)n1. The minimum absolute atomic E-state index is 0.741. The lowest BCUT2D eigenvalue weighted by Gasteiger charge is -2.36. The molecule has 1 N–H and O–H groups in total. The molecule has 2 rings (SSSR count). The third-order valence-corrected chi connectivity index (χ3v) is 3.49. The normalized spacial score (nSPS) is 16.7. The standard InChI is InChI=1S/C15H27N5/c1-4-6-16-15-17-7-5-14(18-15)20-10-8-19(9-11-20)12-13(2)3/h5,7,13H,4,6,8-12H2,1-3H3,(H,16,17,18). The number of piperazine rings is 1. The lowest BCUT2D eigenvalue weighted by molar-refractivity contribution is 0.231. The van der Waals surface area contributed by atoms with E-state index < -0.39 is 0 Å². The molecule has 0 saturated carbocycles. The summed E-state index contributed by atoms with van der Waals surface area (Å²) in [6.07, 6.45) is 2.93. The van der Waals surface area contributed by atoms with Gasteiger partial charge in [0.1, 0.15) is 5.82 Å². The molecule has 2 heterocycles. The van der Waals surface area contributed by atoms with Crippen LogP contribution in [0.15, 0.2) is 12.3 Å². The van der Waals surface area contributed by atoms with Gasteiger partial charge in [0, 0.05) is 45.5 Å². The fraction of sp³-hybridized carbons (Fsp3) is 0.733. The van der Waals surface area contributed by atoms with Crippen molar-refractivity contribution in [2.75, 3.05) is 49.5 Å². The van der Waals surface area contributed by atoms with Gasteiger partial charge in [0.15, 0.2) is 0 Å². The molecule has 1 aliphatic heterocycles. The second kappa shape index (κ2) is 7.43. The Hall–Kier alpha value is -1.36. The largest absolute Gasteiger partial charge is 0.354 e. The molecule has 1 aromatic heterocycles. The average Bonchev–Trinajstić information content (AvgIpc) is 2.45. The smallest absolute Gasteiger partial charge is 0.224 e. The zero-order chi connectivity index (χ0) is 14.4. The molecule has 112 valence electrons. The third kappa shape index (κ3) is 4.34. The highest BCUT2D eigenvalue weighted by molar-refractivity contribution is 5.42. The van der Waals surface area contributed by atoms with E-state index in [4.69, 9.17) is 0 Å². The number of aromatic nitrogens is 2. The van der Waals surface area contributed by atoms with Crippen molar-refractivity contribution in [2.45, 2.75) is 27.2 Å². The molecular formula is C15H27N5. The van der Waals surface area contributed by atoms with Gasteiger partial charge in [-0.05, 0) is 18.4 Å². The van der Waals surface area contributed by atoms with Crippen LogP contribution in [0.4, 0.5) is 11.8 Å². The summed E-state index contributed by atoms with van der Waals surface area (Å²) in [5, 5.41) is 3.25. The van der Waals surface area contributed by atoms with Crippen LogP contribution >= 0.6 is 0 Å².